The Hall–Kier alpha value is -4.16. The topological polar surface area (TPSA) is 112 Å². The first kappa shape index (κ1) is 24.9. The van der Waals surface area contributed by atoms with E-state index in [4.69, 9.17) is 4.74 Å². The van der Waals surface area contributed by atoms with Crippen molar-refractivity contribution in [2.24, 2.45) is 0 Å². The summed E-state index contributed by atoms with van der Waals surface area (Å²) in [7, 11) is 1.64. The summed E-state index contributed by atoms with van der Waals surface area (Å²) < 4.78 is 5.95. The Kier molecular flexibility index (Phi) is 7.08. The lowest BCUT2D eigenvalue weighted by atomic mass is 10.1. The summed E-state index contributed by atoms with van der Waals surface area (Å²) in [5, 5.41) is 16.8. The molecule has 2 heterocycles. The molecule has 36 heavy (non-hydrogen) atoms. The molecule has 0 spiro atoms. The van der Waals surface area contributed by atoms with Crippen LogP contribution in [-0.2, 0) is 11.2 Å². The molecule has 1 aliphatic rings. The molecule has 0 fully saturated rings. The Morgan fingerprint density at radius 3 is 2.72 bits per heavy atom. The lowest BCUT2D eigenvalue weighted by Crippen LogP contribution is -2.52. The summed E-state index contributed by atoms with van der Waals surface area (Å²) >= 11 is 0. The van der Waals surface area contributed by atoms with E-state index in [9.17, 15) is 14.7 Å². The van der Waals surface area contributed by atoms with Crippen LogP contribution in [-0.4, -0.2) is 68.8 Å². The van der Waals surface area contributed by atoms with Crippen LogP contribution in [0.3, 0.4) is 0 Å². The number of H-pyrrole nitrogens is 1. The third-order valence-corrected chi connectivity index (χ3v) is 5.76. The molecule has 1 atom stereocenters. The molecule has 186 valence electrons. The second-order valence-corrected chi connectivity index (χ2v) is 9.07. The number of aliphatic hydroxyl groups is 1. The second-order valence-electron chi connectivity index (χ2n) is 9.07. The molecule has 0 aliphatic carbocycles. The first-order valence-corrected chi connectivity index (χ1v) is 11.7. The fourth-order valence-electron chi connectivity index (χ4n) is 3.90. The first-order chi connectivity index (χ1) is 17.2. The number of carbonyl (C=O) groups excluding carboxylic acids is 2. The van der Waals surface area contributed by atoms with Crippen LogP contribution in [0.1, 0.15) is 48.3 Å². The molecule has 9 nitrogen and oxygen atoms in total. The smallest absolute Gasteiger partial charge is 0.294 e. The van der Waals surface area contributed by atoms with Crippen molar-refractivity contribution in [3.05, 3.63) is 71.3 Å². The van der Waals surface area contributed by atoms with Gasteiger partial charge < -0.3 is 19.6 Å². The average molecular weight is 488 g/mol. The molecule has 0 saturated heterocycles. The maximum atomic E-state index is 13.4. The highest BCUT2D eigenvalue weighted by Gasteiger charge is 2.37. The third kappa shape index (κ3) is 5.56. The Labute approximate surface area is 210 Å². The minimum atomic E-state index is -1.14. The van der Waals surface area contributed by atoms with Crippen molar-refractivity contribution in [2.75, 3.05) is 25.1 Å². The van der Waals surface area contributed by atoms with Gasteiger partial charge in [-0.3, -0.25) is 14.7 Å². The molecule has 2 amide bonds. The van der Waals surface area contributed by atoms with Crippen LogP contribution in [0.5, 0.6) is 5.75 Å². The quantitative estimate of drug-likeness (QED) is 0.535. The summed E-state index contributed by atoms with van der Waals surface area (Å²) in [6.45, 7) is 5.26. The van der Waals surface area contributed by atoms with Crippen LogP contribution in [0.4, 0.5) is 5.69 Å². The van der Waals surface area contributed by atoms with Crippen molar-refractivity contribution in [3.8, 4) is 17.6 Å². The molecule has 2 aromatic carbocycles. The van der Waals surface area contributed by atoms with Gasteiger partial charge in [0, 0.05) is 25.6 Å². The maximum Gasteiger partial charge on any atom is 0.294 e. The van der Waals surface area contributed by atoms with E-state index in [1.807, 2.05) is 30.3 Å². The predicted octanol–water partition coefficient (Wildman–Crippen LogP) is 2.40. The summed E-state index contributed by atoms with van der Waals surface area (Å²) in [4.78, 5) is 34.0. The Morgan fingerprint density at radius 1 is 1.28 bits per heavy atom. The van der Waals surface area contributed by atoms with Crippen molar-refractivity contribution in [1.29, 1.82) is 0 Å². The second kappa shape index (κ2) is 10.2. The van der Waals surface area contributed by atoms with Gasteiger partial charge in [0.15, 0.2) is 0 Å². The number of aromatic nitrogens is 3. The van der Waals surface area contributed by atoms with Crippen molar-refractivity contribution >= 4 is 17.5 Å². The van der Waals surface area contributed by atoms with Crippen molar-refractivity contribution < 1.29 is 19.4 Å². The fourth-order valence-corrected chi connectivity index (χ4v) is 3.90. The monoisotopic (exact) mass is 487 g/mol. The maximum absolute atomic E-state index is 13.4. The van der Waals surface area contributed by atoms with E-state index in [0.29, 0.717) is 29.2 Å². The summed E-state index contributed by atoms with van der Waals surface area (Å²) in [5.74, 6) is 6.01. The Morgan fingerprint density at radius 2 is 2.03 bits per heavy atom. The molecule has 3 aromatic rings. The van der Waals surface area contributed by atoms with Crippen LogP contribution < -0.4 is 9.64 Å². The zero-order chi connectivity index (χ0) is 25.9. The molecule has 0 unspecified atom stereocenters. The minimum absolute atomic E-state index is 0.00386. The number of ether oxygens (including phenoxy) is 1. The number of anilines is 1. The number of hydrogen-bond donors (Lipinski definition) is 2. The molecule has 0 radical (unpaired) electrons. The van der Waals surface area contributed by atoms with E-state index in [0.717, 1.165) is 5.56 Å². The van der Waals surface area contributed by atoms with Gasteiger partial charge in [-0.15, -0.1) is 5.10 Å². The summed E-state index contributed by atoms with van der Waals surface area (Å²) in [5.41, 5.74) is 1.07. The zero-order valence-electron chi connectivity index (χ0n) is 20.8. The van der Waals surface area contributed by atoms with E-state index < -0.39 is 17.6 Å². The first-order valence-electron chi connectivity index (χ1n) is 11.7. The van der Waals surface area contributed by atoms with Gasteiger partial charge in [0.05, 0.1) is 5.69 Å². The summed E-state index contributed by atoms with van der Waals surface area (Å²) in [6.07, 6.45) is 0.509. The van der Waals surface area contributed by atoms with Gasteiger partial charge in [0.25, 0.3) is 11.8 Å². The largest absolute Gasteiger partial charge is 0.489 e. The average Bonchev–Trinajstić information content (AvgIpc) is 3.28. The van der Waals surface area contributed by atoms with E-state index in [1.54, 1.807) is 46.0 Å². The molecule has 1 aromatic heterocycles. The van der Waals surface area contributed by atoms with Gasteiger partial charge in [0.1, 0.15) is 29.8 Å². The predicted molar refractivity (Wildman–Crippen MR) is 135 cm³/mol. The number of nitrogens with zero attached hydrogens (tertiary/aromatic N) is 4. The van der Waals surface area contributed by atoms with Gasteiger partial charge in [-0.1, -0.05) is 42.2 Å². The molecular weight excluding hydrogens is 458 g/mol. The number of benzene rings is 2. The van der Waals surface area contributed by atoms with Gasteiger partial charge in [-0.25, -0.2) is 4.98 Å². The number of carbonyl (C=O) groups is 2. The van der Waals surface area contributed by atoms with Crippen LogP contribution in [0.2, 0.25) is 0 Å². The van der Waals surface area contributed by atoms with Crippen LogP contribution in [0.25, 0.3) is 0 Å². The molecular formula is C27H29N5O4. The van der Waals surface area contributed by atoms with E-state index in [2.05, 4.69) is 27.0 Å². The van der Waals surface area contributed by atoms with E-state index >= 15 is 0 Å². The molecule has 9 heteroatoms. The molecule has 1 aliphatic heterocycles. The van der Waals surface area contributed by atoms with Crippen LogP contribution in [0.15, 0.2) is 48.5 Å². The van der Waals surface area contributed by atoms with Gasteiger partial charge >= 0.3 is 0 Å². The fraction of sp³-hybridized carbons (Fsp3) is 0.333. The normalized spacial score (nSPS) is 15.3. The van der Waals surface area contributed by atoms with Crippen LogP contribution >= 0.6 is 0 Å². The van der Waals surface area contributed by atoms with Crippen molar-refractivity contribution in [2.45, 2.75) is 38.8 Å². The van der Waals surface area contributed by atoms with Gasteiger partial charge in [-0.2, -0.15) is 0 Å². The lowest BCUT2D eigenvalue weighted by Gasteiger charge is -2.29. The number of aromatic amines is 1. The van der Waals surface area contributed by atoms with Crippen LogP contribution in [0, 0.1) is 11.8 Å². The third-order valence-electron chi connectivity index (χ3n) is 5.76. The number of rotatable bonds is 5. The standard InChI is InChI=1S/C27H29N5O4/c1-5-32(26(34)24-28-23(29-30-24)16-18-9-7-6-8-10-18)21-17-36-22-12-11-19(13-14-27(2,3)35)15-20(22)31(4)25(21)33/h6-12,15,21,35H,5,16-17H2,1-4H3,(H,28,29,30)/t21-/m1/s1. The number of hydrogen-bond acceptors (Lipinski definition) is 6. The molecule has 4 rings (SSSR count). The molecule has 0 bridgehead atoms. The van der Waals surface area contributed by atoms with Crippen molar-refractivity contribution in [1.82, 2.24) is 20.1 Å². The highest BCUT2D eigenvalue weighted by atomic mass is 16.5. The zero-order valence-corrected chi connectivity index (χ0v) is 20.8. The Balaban J connectivity index is 1.54. The van der Waals surface area contributed by atoms with Crippen molar-refractivity contribution in [3.63, 3.8) is 0 Å². The highest BCUT2D eigenvalue weighted by Crippen LogP contribution is 2.32. The van der Waals surface area contributed by atoms with Gasteiger partial charge in [0.2, 0.25) is 5.82 Å². The number of likely N-dealkylation sites (N-methyl/N-ethyl adjacent to an activating group) is 2. The number of nitrogens with one attached hydrogen (secondary N) is 1. The molecule has 2 N–H and O–H groups in total. The number of fused-ring (bicyclic) bond motifs is 1. The molecule has 0 saturated carbocycles. The lowest BCUT2D eigenvalue weighted by molar-refractivity contribution is -0.123. The highest BCUT2D eigenvalue weighted by molar-refractivity contribution is 6.02. The van der Waals surface area contributed by atoms with E-state index in [-0.39, 0.29) is 24.9 Å². The number of amides is 2. The summed E-state index contributed by atoms with van der Waals surface area (Å²) in [6, 6.07) is 14.1. The van der Waals surface area contributed by atoms with E-state index in [1.165, 1.54) is 9.80 Å². The SMILES string of the molecule is CCN(C(=O)c1n[nH]c(Cc2ccccc2)n1)[C@@H]1COc2ccc(C#CC(C)(C)O)cc2N(C)C1=O. The minimum Gasteiger partial charge on any atom is -0.489 e. The van der Waals surface area contributed by atoms with Gasteiger partial charge in [-0.05, 0) is 44.5 Å². The Bertz CT molecular complexity index is 1320.